The largest absolute Gasteiger partial charge is 0.393 e. The van der Waals surface area contributed by atoms with Crippen molar-refractivity contribution in [3.8, 4) is 0 Å². The Morgan fingerprint density at radius 3 is 2.39 bits per heavy atom. The predicted octanol–water partition coefficient (Wildman–Crippen LogP) is 2.15. The van der Waals surface area contributed by atoms with Gasteiger partial charge in [-0.15, -0.1) is 0 Å². The summed E-state index contributed by atoms with van der Waals surface area (Å²) in [6, 6.07) is 6.26. The van der Waals surface area contributed by atoms with Gasteiger partial charge in [0.25, 0.3) is 0 Å². The third-order valence-corrected chi connectivity index (χ3v) is 6.85. The van der Waals surface area contributed by atoms with E-state index in [0.717, 1.165) is 31.9 Å². The van der Waals surface area contributed by atoms with Crippen LogP contribution in [0.2, 0.25) is 0 Å². The molecule has 188 valence electrons. The van der Waals surface area contributed by atoms with E-state index in [0.29, 0.717) is 31.4 Å². The second kappa shape index (κ2) is 13.2. The number of rotatable bonds is 14. The van der Waals surface area contributed by atoms with Gasteiger partial charge in [-0.1, -0.05) is 31.4 Å². The van der Waals surface area contributed by atoms with Crippen molar-refractivity contribution in [3.05, 3.63) is 30.1 Å². The molecule has 0 spiro atoms. The first kappa shape index (κ1) is 27.5. The molecule has 1 fully saturated rings. The minimum atomic E-state index is -3.52. The maximum absolute atomic E-state index is 13.7. The third-order valence-electron chi connectivity index (χ3n) is 6.25. The minimum Gasteiger partial charge on any atom is -0.393 e. The van der Waals surface area contributed by atoms with Gasteiger partial charge in [0.15, 0.2) is 0 Å². The van der Waals surface area contributed by atoms with Crippen LogP contribution >= 0.6 is 0 Å². The fourth-order valence-corrected chi connectivity index (χ4v) is 5.09. The summed E-state index contributed by atoms with van der Waals surface area (Å²) < 4.78 is 37.6. The molecule has 10 heteroatoms. The topological polar surface area (TPSA) is 136 Å². The molecule has 0 radical (unpaired) electrons. The van der Waals surface area contributed by atoms with Gasteiger partial charge in [-0.25, -0.2) is 12.8 Å². The molecular formula is C23H37FN2O6S. The van der Waals surface area contributed by atoms with E-state index in [-0.39, 0.29) is 30.6 Å². The monoisotopic (exact) mass is 488 g/mol. The number of hydrogen-bond acceptors (Lipinski definition) is 7. The fourth-order valence-electron chi connectivity index (χ4n) is 4.58. The number of carbonyl (C=O) groups excluding carboxylic acids is 1. The fraction of sp³-hybridized carbons (Fsp3) is 0.696. The molecule has 1 aliphatic rings. The van der Waals surface area contributed by atoms with Crippen molar-refractivity contribution in [1.82, 2.24) is 4.72 Å². The van der Waals surface area contributed by atoms with E-state index >= 15 is 0 Å². The van der Waals surface area contributed by atoms with Crippen molar-refractivity contribution in [1.29, 1.82) is 0 Å². The summed E-state index contributed by atoms with van der Waals surface area (Å²) in [5, 5.41) is 33.9. The molecule has 0 heterocycles. The molecule has 8 nitrogen and oxygen atoms in total. The van der Waals surface area contributed by atoms with Crippen LogP contribution in [-0.4, -0.2) is 60.8 Å². The van der Waals surface area contributed by atoms with Crippen molar-refractivity contribution in [2.45, 2.75) is 76.1 Å². The zero-order chi connectivity index (χ0) is 24.4. The highest BCUT2D eigenvalue weighted by Crippen LogP contribution is 2.39. The molecule has 0 bridgehead atoms. The van der Waals surface area contributed by atoms with Crippen LogP contribution in [0, 0.1) is 17.7 Å². The number of sulfonamides is 1. The Morgan fingerprint density at radius 2 is 1.73 bits per heavy atom. The lowest BCUT2D eigenvalue weighted by atomic mass is 9.85. The molecule has 1 amide bonds. The summed E-state index contributed by atoms with van der Waals surface area (Å²) in [4.78, 5) is 11.5. The quantitative estimate of drug-likeness (QED) is 0.253. The first-order chi connectivity index (χ1) is 15.6. The van der Waals surface area contributed by atoms with E-state index < -0.39 is 34.2 Å². The molecule has 0 saturated heterocycles. The molecule has 1 aromatic carbocycles. The van der Waals surface area contributed by atoms with Gasteiger partial charge >= 0.3 is 0 Å². The Bertz CT molecular complexity index is 853. The molecule has 33 heavy (non-hydrogen) atoms. The number of halogens is 1. The van der Waals surface area contributed by atoms with E-state index in [2.05, 4.69) is 5.32 Å². The number of benzene rings is 1. The van der Waals surface area contributed by atoms with Crippen LogP contribution in [0.25, 0.3) is 0 Å². The summed E-state index contributed by atoms with van der Waals surface area (Å²) in [6.45, 7) is 0.198. The summed E-state index contributed by atoms with van der Waals surface area (Å²) in [5.41, 5.74) is 0.333. The van der Waals surface area contributed by atoms with Crippen LogP contribution in [0.1, 0.15) is 57.8 Å². The number of aliphatic hydroxyl groups is 3. The van der Waals surface area contributed by atoms with E-state index in [1.807, 2.05) is 4.72 Å². The van der Waals surface area contributed by atoms with Gasteiger partial charge in [0.1, 0.15) is 5.82 Å². The summed E-state index contributed by atoms with van der Waals surface area (Å²) in [6.07, 6.45) is 4.28. The van der Waals surface area contributed by atoms with Crippen molar-refractivity contribution in [2.24, 2.45) is 11.8 Å². The molecule has 0 aromatic heterocycles. The smallest absolute Gasteiger partial charge is 0.233 e. The lowest BCUT2D eigenvalue weighted by molar-refractivity contribution is -0.119. The number of hydrogen-bond donors (Lipinski definition) is 5. The zero-order valence-electron chi connectivity index (χ0n) is 19.1. The highest BCUT2D eigenvalue weighted by atomic mass is 32.2. The van der Waals surface area contributed by atoms with Crippen LogP contribution in [0.3, 0.4) is 0 Å². The van der Waals surface area contributed by atoms with E-state index in [1.54, 1.807) is 18.2 Å². The lowest BCUT2D eigenvalue weighted by Crippen LogP contribution is -2.28. The number of amides is 1. The maximum atomic E-state index is 13.7. The van der Waals surface area contributed by atoms with Crippen molar-refractivity contribution < 1.29 is 32.9 Å². The Balaban J connectivity index is 1.68. The highest BCUT2D eigenvalue weighted by molar-refractivity contribution is 7.89. The predicted molar refractivity (Wildman–Crippen MR) is 124 cm³/mol. The molecule has 1 saturated carbocycles. The van der Waals surface area contributed by atoms with Crippen molar-refractivity contribution in [3.63, 3.8) is 0 Å². The summed E-state index contributed by atoms with van der Waals surface area (Å²) in [7, 11) is -3.52. The third kappa shape index (κ3) is 9.95. The molecule has 1 aromatic rings. The average molecular weight is 489 g/mol. The SMILES string of the molecule is CS(=O)(=O)NC(=O)CCCCCC[C@@H]1[C@@H](CCC(O)CNc2ccccc2F)[C@H](O)C[C@@H]1O. The number of aliphatic hydroxyl groups excluding tert-OH is 3. The Morgan fingerprint density at radius 1 is 1.09 bits per heavy atom. The van der Waals surface area contributed by atoms with Gasteiger partial charge in [-0.2, -0.15) is 0 Å². The Labute approximate surface area is 195 Å². The molecule has 1 unspecified atom stereocenters. The van der Waals surface area contributed by atoms with E-state index in [1.165, 1.54) is 6.07 Å². The van der Waals surface area contributed by atoms with Crippen LogP contribution < -0.4 is 10.0 Å². The first-order valence-corrected chi connectivity index (χ1v) is 13.5. The Kier molecular flexibility index (Phi) is 11.0. The zero-order valence-corrected chi connectivity index (χ0v) is 19.9. The molecule has 1 aliphatic carbocycles. The second-order valence-corrected chi connectivity index (χ2v) is 10.8. The van der Waals surface area contributed by atoms with Crippen LogP contribution in [0.5, 0.6) is 0 Å². The van der Waals surface area contributed by atoms with Gasteiger partial charge in [-0.05, 0) is 56.1 Å². The van der Waals surface area contributed by atoms with Crippen LogP contribution in [-0.2, 0) is 14.8 Å². The summed E-state index contributed by atoms with van der Waals surface area (Å²) in [5.74, 6) is -1.05. The molecule has 5 N–H and O–H groups in total. The Hall–Kier alpha value is -1.75. The lowest BCUT2D eigenvalue weighted by Gasteiger charge is -2.25. The number of anilines is 1. The molecule has 2 rings (SSSR count). The van der Waals surface area contributed by atoms with Crippen molar-refractivity contribution in [2.75, 3.05) is 18.1 Å². The maximum Gasteiger partial charge on any atom is 0.233 e. The number of nitrogens with one attached hydrogen (secondary N) is 2. The first-order valence-electron chi connectivity index (χ1n) is 11.6. The van der Waals surface area contributed by atoms with Crippen LogP contribution in [0.15, 0.2) is 24.3 Å². The molecular weight excluding hydrogens is 451 g/mol. The normalized spacial score (nSPS) is 23.9. The van der Waals surface area contributed by atoms with Gasteiger partial charge in [0, 0.05) is 13.0 Å². The minimum absolute atomic E-state index is 0.0553. The van der Waals surface area contributed by atoms with E-state index in [4.69, 9.17) is 0 Å². The number of unbranched alkanes of at least 4 members (excludes halogenated alkanes) is 3. The van der Waals surface area contributed by atoms with Gasteiger partial charge in [0.2, 0.25) is 15.9 Å². The van der Waals surface area contributed by atoms with Gasteiger partial charge in [-0.3, -0.25) is 9.52 Å². The summed E-state index contributed by atoms with van der Waals surface area (Å²) >= 11 is 0. The van der Waals surface area contributed by atoms with Crippen LogP contribution in [0.4, 0.5) is 10.1 Å². The number of para-hydroxylation sites is 1. The highest BCUT2D eigenvalue weighted by Gasteiger charge is 2.40. The second-order valence-electron chi connectivity index (χ2n) is 9.04. The van der Waals surface area contributed by atoms with Gasteiger partial charge < -0.3 is 20.6 Å². The molecule has 0 aliphatic heterocycles. The van der Waals surface area contributed by atoms with Gasteiger partial charge in [0.05, 0.1) is 30.3 Å². The standard InChI is InChI=1S/C23H37FN2O6S/c1-33(31,32)26-23(30)11-5-3-2-4-8-17-18(22(29)14-21(17)28)13-12-16(27)15-25-20-10-7-6-9-19(20)24/h6-7,9-10,16-18,21-22,25,27-29H,2-5,8,11-15H2,1H3,(H,26,30)/t16?,17-,18-,21+,22-/m1/s1. The van der Waals surface area contributed by atoms with E-state index in [9.17, 15) is 32.9 Å². The number of carbonyl (C=O) groups is 1. The molecule has 5 atom stereocenters. The average Bonchev–Trinajstić information content (AvgIpc) is 2.99. The van der Waals surface area contributed by atoms with Crippen molar-refractivity contribution >= 4 is 21.6 Å².